The number of likely N-dealkylation sites (N-methyl/N-ethyl adjacent to an activating group) is 1. The van der Waals surface area contributed by atoms with Gasteiger partial charge in [0.05, 0.1) is 6.61 Å². The monoisotopic (exact) mass is 277 g/mol. The van der Waals surface area contributed by atoms with Crippen molar-refractivity contribution in [2.75, 3.05) is 52.9 Å². The van der Waals surface area contributed by atoms with E-state index < -0.39 is 0 Å². The van der Waals surface area contributed by atoms with Gasteiger partial charge in [0.2, 0.25) is 0 Å². The topological polar surface area (TPSA) is 41.7 Å². The van der Waals surface area contributed by atoms with Gasteiger partial charge in [-0.1, -0.05) is 12.1 Å². The lowest BCUT2D eigenvalue weighted by molar-refractivity contribution is 0.145. The van der Waals surface area contributed by atoms with Crippen LogP contribution in [0.2, 0.25) is 0 Å². The fourth-order valence-corrected chi connectivity index (χ4v) is 2.51. The van der Waals surface area contributed by atoms with Gasteiger partial charge in [0, 0.05) is 32.7 Å². The van der Waals surface area contributed by atoms with Crippen LogP contribution in [0.25, 0.3) is 0 Å². The molecule has 112 valence electrons. The van der Waals surface area contributed by atoms with Crippen molar-refractivity contribution in [3.63, 3.8) is 0 Å². The highest BCUT2D eigenvalue weighted by molar-refractivity contribution is 5.28. The van der Waals surface area contributed by atoms with E-state index in [-0.39, 0.29) is 0 Å². The van der Waals surface area contributed by atoms with Crippen molar-refractivity contribution in [1.29, 1.82) is 0 Å². The van der Waals surface area contributed by atoms with Crippen LogP contribution in [0.5, 0.6) is 5.75 Å². The van der Waals surface area contributed by atoms with E-state index in [0.717, 1.165) is 31.7 Å². The Balaban J connectivity index is 1.64. The molecule has 2 N–H and O–H groups in total. The maximum Gasteiger partial charge on any atom is 0.119 e. The van der Waals surface area contributed by atoms with Crippen molar-refractivity contribution in [2.24, 2.45) is 5.73 Å². The fourth-order valence-electron chi connectivity index (χ4n) is 2.51. The van der Waals surface area contributed by atoms with Crippen LogP contribution >= 0.6 is 0 Å². The summed E-state index contributed by atoms with van der Waals surface area (Å²) in [6, 6.07) is 8.27. The van der Waals surface area contributed by atoms with E-state index in [1.807, 2.05) is 12.1 Å². The van der Waals surface area contributed by atoms with Crippen molar-refractivity contribution in [3.8, 4) is 5.75 Å². The summed E-state index contributed by atoms with van der Waals surface area (Å²) in [7, 11) is 2.19. The summed E-state index contributed by atoms with van der Waals surface area (Å²) < 4.78 is 5.83. The second kappa shape index (κ2) is 8.25. The standard InChI is InChI=1S/C16H27N3O/c1-18-9-11-19(12-10-18)8-3-13-20-16-5-2-4-15(14-16)6-7-17/h2,4-5,14H,3,6-13,17H2,1H3. The fraction of sp³-hybridized carbons (Fsp3) is 0.625. The molecule has 4 nitrogen and oxygen atoms in total. The van der Waals surface area contributed by atoms with Crippen molar-refractivity contribution < 1.29 is 4.74 Å². The third-order valence-electron chi connectivity index (χ3n) is 3.81. The van der Waals surface area contributed by atoms with Gasteiger partial charge in [-0.25, -0.2) is 0 Å². The van der Waals surface area contributed by atoms with Crippen LogP contribution in [0, 0.1) is 0 Å². The average molecular weight is 277 g/mol. The third kappa shape index (κ3) is 5.12. The lowest BCUT2D eigenvalue weighted by Gasteiger charge is -2.32. The molecule has 2 rings (SSSR count). The number of hydrogen-bond acceptors (Lipinski definition) is 4. The van der Waals surface area contributed by atoms with Crippen molar-refractivity contribution in [1.82, 2.24) is 9.80 Å². The number of ether oxygens (including phenoxy) is 1. The maximum atomic E-state index is 5.83. The number of hydrogen-bond donors (Lipinski definition) is 1. The van der Waals surface area contributed by atoms with Crippen molar-refractivity contribution in [3.05, 3.63) is 29.8 Å². The molecule has 1 aliphatic heterocycles. The molecule has 0 radical (unpaired) electrons. The molecule has 1 fully saturated rings. The summed E-state index contributed by atoms with van der Waals surface area (Å²) in [6.45, 7) is 7.34. The van der Waals surface area contributed by atoms with Crippen LogP contribution in [-0.4, -0.2) is 62.7 Å². The Bertz CT molecular complexity index is 389. The summed E-state index contributed by atoms with van der Waals surface area (Å²) in [6.07, 6.45) is 2.00. The first-order valence-electron chi connectivity index (χ1n) is 7.60. The summed E-state index contributed by atoms with van der Waals surface area (Å²) in [5.74, 6) is 0.967. The first kappa shape index (κ1) is 15.3. The molecule has 1 saturated heterocycles. The molecule has 0 aromatic heterocycles. The highest BCUT2D eigenvalue weighted by Crippen LogP contribution is 2.14. The first-order valence-corrected chi connectivity index (χ1v) is 7.60. The van der Waals surface area contributed by atoms with E-state index in [1.54, 1.807) is 0 Å². The predicted molar refractivity (Wildman–Crippen MR) is 83.2 cm³/mol. The van der Waals surface area contributed by atoms with Crippen LogP contribution in [0.1, 0.15) is 12.0 Å². The Labute approximate surface area is 122 Å². The summed E-state index contributed by atoms with van der Waals surface area (Å²) in [5.41, 5.74) is 6.83. The van der Waals surface area contributed by atoms with Crippen LogP contribution in [0.3, 0.4) is 0 Å². The van der Waals surface area contributed by atoms with Crippen molar-refractivity contribution in [2.45, 2.75) is 12.8 Å². The highest BCUT2D eigenvalue weighted by Gasteiger charge is 2.12. The number of piperazine rings is 1. The molecule has 4 heteroatoms. The molecule has 1 aromatic rings. The van der Waals surface area contributed by atoms with Gasteiger partial charge in [0.25, 0.3) is 0 Å². The molecule has 0 unspecified atom stereocenters. The van der Waals surface area contributed by atoms with Gasteiger partial charge in [-0.05, 0) is 44.1 Å². The van der Waals surface area contributed by atoms with Gasteiger partial charge < -0.3 is 20.3 Å². The molecule has 0 amide bonds. The number of benzene rings is 1. The van der Waals surface area contributed by atoms with Crippen LogP contribution in [0.4, 0.5) is 0 Å². The van der Waals surface area contributed by atoms with Gasteiger partial charge in [-0.3, -0.25) is 0 Å². The molecule has 1 aliphatic rings. The second-order valence-corrected chi connectivity index (χ2v) is 5.53. The van der Waals surface area contributed by atoms with Crippen LogP contribution < -0.4 is 10.5 Å². The van der Waals surface area contributed by atoms with Gasteiger partial charge in [-0.15, -0.1) is 0 Å². The zero-order valence-corrected chi connectivity index (χ0v) is 12.6. The zero-order chi connectivity index (χ0) is 14.2. The molecule has 0 bridgehead atoms. The minimum Gasteiger partial charge on any atom is -0.494 e. The molecule has 1 heterocycles. The Kier molecular flexibility index (Phi) is 6.30. The molecule has 0 aliphatic carbocycles. The zero-order valence-electron chi connectivity index (χ0n) is 12.6. The lowest BCUT2D eigenvalue weighted by atomic mass is 10.1. The third-order valence-corrected chi connectivity index (χ3v) is 3.81. The van der Waals surface area contributed by atoms with E-state index in [0.29, 0.717) is 6.54 Å². The van der Waals surface area contributed by atoms with Gasteiger partial charge in [0.1, 0.15) is 5.75 Å². The number of nitrogens with zero attached hydrogens (tertiary/aromatic N) is 2. The Hall–Kier alpha value is -1.10. The maximum absolute atomic E-state index is 5.83. The summed E-state index contributed by atoms with van der Waals surface area (Å²) in [5, 5.41) is 0. The SMILES string of the molecule is CN1CCN(CCCOc2cccc(CCN)c2)CC1. The Morgan fingerprint density at radius 3 is 2.75 bits per heavy atom. The van der Waals surface area contributed by atoms with Gasteiger partial charge in [0.15, 0.2) is 0 Å². The van der Waals surface area contributed by atoms with E-state index in [2.05, 4.69) is 29.0 Å². The lowest BCUT2D eigenvalue weighted by Crippen LogP contribution is -2.44. The van der Waals surface area contributed by atoms with E-state index in [4.69, 9.17) is 10.5 Å². The quantitative estimate of drug-likeness (QED) is 0.761. The largest absolute Gasteiger partial charge is 0.494 e. The second-order valence-electron chi connectivity index (χ2n) is 5.53. The highest BCUT2D eigenvalue weighted by atomic mass is 16.5. The minimum absolute atomic E-state index is 0.687. The summed E-state index contributed by atoms with van der Waals surface area (Å²) >= 11 is 0. The molecule has 20 heavy (non-hydrogen) atoms. The Morgan fingerprint density at radius 1 is 1.20 bits per heavy atom. The molecular formula is C16H27N3O. The smallest absolute Gasteiger partial charge is 0.119 e. The van der Waals surface area contributed by atoms with Gasteiger partial charge >= 0.3 is 0 Å². The number of rotatable bonds is 7. The Morgan fingerprint density at radius 2 is 2.00 bits per heavy atom. The average Bonchev–Trinajstić information content (AvgIpc) is 2.46. The van der Waals surface area contributed by atoms with Crippen molar-refractivity contribution >= 4 is 0 Å². The van der Waals surface area contributed by atoms with E-state index in [1.165, 1.54) is 31.7 Å². The molecule has 0 spiro atoms. The molecule has 0 atom stereocenters. The predicted octanol–water partition coefficient (Wildman–Crippen LogP) is 1.20. The minimum atomic E-state index is 0.687. The number of nitrogens with two attached hydrogens (primary N) is 1. The van der Waals surface area contributed by atoms with E-state index in [9.17, 15) is 0 Å². The summed E-state index contributed by atoms with van der Waals surface area (Å²) in [4.78, 5) is 4.91. The van der Waals surface area contributed by atoms with E-state index >= 15 is 0 Å². The van der Waals surface area contributed by atoms with Crippen LogP contribution in [0.15, 0.2) is 24.3 Å². The molecule has 0 saturated carbocycles. The van der Waals surface area contributed by atoms with Gasteiger partial charge in [-0.2, -0.15) is 0 Å². The molecule has 1 aromatic carbocycles. The van der Waals surface area contributed by atoms with Crippen LogP contribution in [-0.2, 0) is 6.42 Å². The first-order chi connectivity index (χ1) is 9.78. The normalized spacial score (nSPS) is 17.3. The molecular weight excluding hydrogens is 250 g/mol.